The Bertz CT molecular complexity index is 44.7. The van der Waals surface area contributed by atoms with E-state index in [-0.39, 0.29) is 0 Å². The minimum Gasteiger partial charge on any atom is -0.312 e. The molecule has 0 aliphatic carbocycles. The van der Waals surface area contributed by atoms with E-state index in [2.05, 4.69) is 25.7 Å². The van der Waals surface area contributed by atoms with Crippen molar-refractivity contribution < 1.29 is 0 Å². The van der Waals surface area contributed by atoms with Crippen molar-refractivity contribution in [3.8, 4) is 0 Å². The standard InChI is InChI=1S/C9H20N/c1-3-5-6-7-9-10-8-4-2/h9-10H,3-8H2,1-2H3. The molecule has 0 aromatic heterocycles. The van der Waals surface area contributed by atoms with Gasteiger partial charge in [0.25, 0.3) is 0 Å². The largest absolute Gasteiger partial charge is 0.312 e. The first-order valence-corrected chi connectivity index (χ1v) is 4.46. The molecule has 0 bridgehead atoms. The third-order valence-corrected chi connectivity index (χ3v) is 1.49. The second-order valence-corrected chi connectivity index (χ2v) is 2.65. The van der Waals surface area contributed by atoms with Gasteiger partial charge in [-0.3, -0.25) is 0 Å². The van der Waals surface area contributed by atoms with Crippen molar-refractivity contribution in [2.45, 2.75) is 46.0 Å². The first kappa shape index (κ1) is 9.96. The topological polar surface area (TPSA) is 12.0 Å². The number of rotatable bonds is 7. The van der Waals surface area contributed by atoms with Gasteiger partial charge in [0.1, 0.15) is 0 Å². The lowest BCUT2D eigenvalue weighted by molar-refractivity contribution is 0.654. The van der Waals surface area contributed by atoms with Gasteiger partial charge in [0.2, 0.25) is 0 Å². The lowest BCUT2D eigenvalue weighted by Gasteiger charge is -2.00. The Morgan fingerprint density at radius 3 is 2.50 bits per heavy atom. The third kappa shape index (κ3) is 7.96. The van der Waals surface area contributed by atoms with Crippen molar-refractivity contribution in [3.05, 3.63) is 6.54 Å². The van der Waals surface area contributed by atoms with E-state index in [1.165, 1.54) is 32.1 Å². The molecule has 0 amide bonds. The van der Waals surface area contributed by atoms with Crippen molar-refractivity contribution in [3.63, 3.8) is 0 Å². The van der Waals surface area contributed by atoms with E-state index in [1.807, 2.05) is 0 Å². The van der Waals surface area contributed by atoms with E-state index in [1.54, 1.807) is 0 Å². The van der Waals surface area contributed by atoms with Crippen LogP contribution in [0.15, 0.2) is 0 Å². The highest BCUT2D eigenvalue weighted by molar-refractivity contribution is 4.60. The molecule has 0 aromatic carbocycles. The fourth-order valence-corrected chi connectivity index (χ4v) is 0.845. The summed E-state index contributed by atoms with van der Waals surface area (Å²) >= 11 is 0. The number of hydrogen-bond donors (Lipinski definition) is 1. The lowest BCUT2D eigenvalue weighted by Crippen LogP contribution is -2.10. The van der Waals surface area contributed by atoms with Crippen LogP contribution < -0.4 is 5.32 Å². The summed E-state index contributed by atoms with van der Waals surface area (Å²) in [6, 6.07) is 0. The van der Waals surface area contributed by atoms with Crippen molar-refractivity contribution >= 4 is 0 Å². The Balaban J connectivity index is 2.65. The van der Waals surface area contributed by atoms with Crippen LogP contribution in [0.2, 0.25) is 0 Å². The van der Waals surface area contributed by atoms with Crippen LogP contribution in [0, 0.1) is 6.54 Å². The van der Waals surface area contributed by atoms with Crippen molar-refractivity contribution in [1.29, 1.82) is 0 Å². The van der Waals surface area contributed by atoms with E-state index < -0.39 is 0 Å². The maximum absolute atomic E-state index is 3.27. The van der Waals surface area contributed by atoms with Crippen LogP contribution in [0.1, 0.15) is 46.0 Å². The van der Waals surface area contributed by atoms with Crippen LogP contribution in [-0.2, 0) is 0 Å². The molecule has 1 radical (unpaired) electrons. The zero-order chi connectivity index (χ0) is 7.66. The van der Waals surface area contributed by atoms with Crippen LogP contribution in [0.25, 0.3) is 0 Å². The smallest absolute Gasteiger partial charge is 0.0221 e. The second kappa shape index (κ2) is 8.96. The molecule has 10 heavy (non-hydrogen) atoms. The van der Waals surface area contributed by atoms with Gasteiger partial charge in [-0.2, -0.15) is 0 Å². The fraction of sp³-hybridized carbons (Fsp3) is 0.889. The van der Waals surface area contributed by atoms with Crippen molar-refractivity contribution in [2.75, 3.05) is 6.54 Å². The Kier molecular flexibility index (Phi) is 8.92. The Morgan fingerprint density at radius 1 is 1.10 bits per heavy atom. The first-order chi connectivity index (χ1) is 4.91. The molecule has 61 valence electrons. The van der Waals surface area contributed by atoms with Crippen LogP contribution >= 0.6 is 0 Å². The highest BCUT2D eigenvalue weighted by Crippen LogP contribution is 1.98. The predicted octanol–water partition coefficient (Wildman–Crippen LogP) is 2.73. The molecule has 0 saturated carbocycles. The van der Waals surface area contributed by atoms with Gasteiger partial charge < -0.3 is 5.32 Å². The molecule has 0 aromatic rings. The zero-order valence-electron chi connectivity index (χ0n) is 7.32. The average molecular weight is 142 g/mol. The summed E-state index contributed by atoms with van der Waals surface area (Å²) in [4.78, 5) is 0. The first-order valence-electron chi connectivity index (χ1n) is 4.46. The SMILES string of the molecule is CCCCC[CH]NCCC. The molecule has 0 atom stereocenters. The Labute approximate surface area is 65.2 Å². The monoisotopic (exact) mass is 142 g/mol. The summed E-state index contributed by atoms with van der Waals surface area (Å²) in [6.45, 7) is 7.75. The van der Waals surface area contributed by atoms with Gasteiger partial charge in [-0.05, 0) is 19.4 Å². The fourth-order valence-electron chi connectivity index (χ4n) is 0.845. The molecule has 0 spiro atoms. The van der Waals surface area contributed by atoms with Crippen molar-refractivity contribution in [2.24, 2.45) is 0 Å². The Morgan fingerprint density at radius 2 is 1.90 bits per heavy atom. The van der Waals surface area contributed by atoms with Crippen LogP contribution in [-0.4, -0.2) is 6.54 Å². The molecule has 1 N–H and O–H groups in total. The quantitative estimate of drug-likeness (QED) is 0.539. The molecule has 0 aliphatic rings. The van der Waals surface area contributed by atoms with Gasteiger partial charge >= 0.3 is 0 Å². The van der Waals surface area contributed by atoms with Crippen LogP contribution in [0.5, 0.6) is 0 Å². The number of unbranched alkanes of at least 4 members (excludes halogenated alkanes) is 3. The Hall–Kier alpha value is -0.0400. The summed E-state index contributed by atoms with van der Waals surface area (Å²) in [6.07, 6.45) is 6.48. The van der Waals surface area contributed by atoms with Gasteiger partial charge in [-0.15, -0.1) is 0 Å². The zero-order valence-corrected chi connectivity index (χ0v) is 7.32. The van der Waals surface area contributed by atoms with E-state index in [9.17, 15) is 0 Å². The summed E-state index contributed by atoms with van der Waals surface area (Å²) < 4.78 is 0. The van der Waals surface area contributed by atoms with E-state index in [4.69, 9.17) is 0 Å². The predicted molar refractivity (Wildman–Crippen MR) is 46.7 cm³/mol. The second-order valence-electron chi connectivity index (χ2n) is 2.65. The summed E-state index contributed by atoms with van der Waals surface area (Å²) in [7, 11) is 0. The number of nitrogens with one attached hydrogen (secondary N) is 1. The van der Waals surface area contributed by atoms with Crippen molar-refractivity contribution in [1.82, 2.24) is 5.32 Å². The maximum Gasteiger partial charge on any atom is 0.0221 e. The summed E-state index contributed by atoms with van der Waals surface area (Å²) in [5, 5.41) is 3.27. The van der Waals surface area contributed by atoms with E-state index >= 15 is 0 Å². The highest BCUT2D eigenvalue weighted by Gasteiger charge is 1.86. The average Bonchev–Trinajstić information content (AvgIpc) is 1.97. The highest BCUT2D eigenvalue weighted by atomic mass is 14.8. The molecule has 0 fully saturated rings. The molecule has 1 heteroatoms. The van der Waals surface area contributed by atoms with Gasteiger partial charge in [-0.1, -0.05) is 33.1 Å². The molecule has 0 rings (SSSR count). The van der Waals surface area contributed by atoms with E-state index in [0.29, 0.717) is 0 Å². The van der Waals surface area contributed by atoms with Crippen LogP contribution in [0.3, 0.4) is 0 Å². The molecule has 0 saturated heterocycles. The summed E-state index contributed by atoms with van der Waals surface area (Å²) in [5.74, 6) is 0. The molecule has 0 unspecified atom stereocenters. The normalized spacial score (nSPS) is 10.2. The molecule has 1 nitrogen and oxygen atoms in total. The molecule has 0 aliphatic heterocycles. The minimum atomic E-state index is 1.13. The van der Waals surface area contributed by atoms with Crippen LogP contribution in [0.4, 0.5) is 0 Å². The maximum atomic E-state index is 3.27. The van der Waals surface area contributed by atoms with Gasteiger partial charge in [0, 0.05) is 6.54 Å². The summed E-state index contributed by atoms with van der Waals surface area (Å²) in [5.41, 5.74) is 0. The molecular formula is C9H20N. The van der Waals surface area contributed by atoms with Gasteiger partial charge in [0.05, 0.1) is 0 Å². The molecular weight excluding hydrogens is 122 g/mol. The third-order valence-electron chi connectivity index (χ3n) is 1.49. The van der Waals surface area contributed by atoms with Gasteiger partial charge in [-0.25, -0.2) is 0 Å². The lowest BCUT2D eigenvalue weighted by atomic mass is 10.2. The number of hydrogen-bond acceptors (Lipinski definition) is 1. The van der Waals surface area contributed by atoms with Gasteiger partial charge in [0.15, 0.2) is 0 Å². The molecule has 0 heterocycles. The minimum absolute atomic E-state index is 1.13. The van der Waals surface area contributed by atoms with E-state index in [0.717, 1.165) is 6.54 Å².